The van der Waals surface area contributed by atoms with Crippen LogP contribution >= 0.6 is 24.0 Å². The average molecular weight is 490 g/mol. The van der Waals surface area contributed by atoms with E-state index in [1.807, 2.05) is 6.92 Å². The second-order valence-electron chi connectivity index (χ2n) is 6.29. The van der Waals surface area contributed by atoms with Crippen LogP contribution in [0.15, 0.2) is 29.3 Å². The number of ether oxygens (including phenoxy) is 2. The van der Waals surface area contributed by atoms with Crippen molar-refractivity contribution >= 4 is 35.6 Å². The number of hydrogen-bond donors (Lipinski definition) is 2. The molecule has 1 saturated heterocycles. The molecule has 1 aromatic carbocycles. The summed E-state index contributed by atoms with van der Waals surface area (Å²) >= 11 is 0. The summed E-state index contributed by atoms with van der Waals surface area (Å²) in [6.07, 6.45) is 2.15. The molecule has 0 radical (unpaired) electrons. The van der Waals surface area contributed by atoms with Crippen molar-refractivity contribution < 1.29 is 9.47 Å². The molecule has 1 aliphatic rings. The SMILES string of the molecule is CCNC(=NCc1ccc(N2CCOCC2)cc1)NCCCCOCC.I. The van der Waals surface area contributed by atoms with Crippen LogP contribution in [0.25, 0.3) is 0 Å². The number of halogens is 1. The van der Waals surface area contributed by atoms with Crippen LogP contribution < -0.4 is 15.5 Å². The van der Waals surface area contributed by atoms with Crippen LogP contribution in [-0.2, 0) is 16.0 Å². The van der Waals surface area contributed by atoms with Crippen LogP contribution in [0.1, 0.15) is 32.3 Å². The van der Waals surface area contributed by atoms with Crippen molar-refractivity contribution in [3.63, 3.8) is 0 Å². The molecule has 1 aliphatic heterocycles. The molecular formula is C20H35IN4O2. The van der Waals surface area contributed by atoms with Crippen molar-refractivity contribution in [2.24, 2.45) is 4.99 Å². The summed E-state index contributed by atoms with van der Waals surface area (Å²) in [4.78, 5) is 7.05. The summed E-state index contributed by atoms with van der Waals surface area (Å²) in [5.74, 6) is 0.876. The first-order valence-corrected chi connectivity index (χ1v) is 9.85. The highest BCUT2D eigenvalue weighted by Gasteiger charge is 2.10. The van der Waals surface area contributed by atoms with E-state index in [0.717, 1.165) is 71.4 Å². The van der Waals surface area contributed by atoms with Crippen LogP contribution in [0.3, 0.4) is 0 Å². The maximum absolute atomic E-state index is 5.41. The smallest absolute Gasteiger partial charge is 0.191 e. The van der Waals surface area contributed by atoms with Crippen LogP contribution in [0, 0.1) is 0 Å². The highest BCUT2D eigenvalue weighted by molar-refractivity contribution is 14.0. The van der Waals surface area contributed by atoms with E-state index >= 15 is 0 Å². The molecule has 0 amide bonds. The Kier molecular flexibility index (Phi) is 13.3. The van der Waals surface area contributed by atoms with E-state index in [9.17, 15) is 0 Å². The predicted molar refractivity (Wildman–Crippen MR) is 123 cm³/mol. The zero-order valence-corrected chi connectivity index (χ0v) is 19.0. The number of guanidine groups is 1. The van der Waals surface area contributed by atoms with Gasteiger partial charge in [0, 0.05) is 45.1 Å². The second-order valence-corrected chi connectivity index (χ2v) is 6.29. The van der Waals surface area contributed by atoms with Gasteiger partial charge in [0.15, 0.2) is 5.96 Å². The monoisotopic (exact) mass is 490 g/mol. The number of rotatable bonds is 10. The van der Waals surface area contributed by atoms with Crippen LogP contribution in [-0.4, -0.2) is 58.6 Å². The number of unbranched alkanes of at least 4 members (excludes halogenated alkanes) is 1. The average Bonchev–Trinajstić information content (AvgIpc) is 2.70. The molecule has 1 aromatic rings. The Morgan fingerprint density at radius 1 is 1.11 bits per heavy atom. The normalized spacial score (nSPS) is 14.6. The van der Waals surface area contributed by atoms with Gasteiger partial charge in [0.1, 0.15) is 0 Å². The molecule has 0 unspecified atom stereocenters. The molecule has 1 heterocycles. The minimum absolute atomic E-state index is 0. The van der Waals surface area contributed by atoms with E-state index < -0.39 is 0 Å². The Hall–Kier alpha value is -1.06. The van der Waals surface area contributed by atoms with E-state index in [4.69, 9.17) is 9.47 Å². The molecule has 0 bridgehead atoms. The van der Waals surface area contributed by atoms with E-state index in [0.29, 0.717) is 6.54 Å². The zero-order chi connectivity index (χ0) is 18.5. The maximum Gasteiger partial charge on any atom is 0.191 e. The zero-order valence-electron chi connectivity index (χ0n) is 16.7. The van der Waals surface area contributed by atoms with Gasteiger partial charge >= 0.3 is 0 Å². The fourth-order valence-corrected chi connectivity index (χ4v) is 2.83. The van der Waals surface area contributed by atoms with Crippen LogP contribution in [0.4, 0.5) is 5.69 Å². The molecule has 1 fully saturated rings. The third-order valence-electron chi connectivity index (χ3n) is 4.29. The number of hydrogen-bond acceptors (Lipinski definition) is 4. The Morgan fingerprint density at radius 2 is 1.85 bits per heavy atom. The molecule has 0 aromatic heterocycles. The molecule has 154 valence electrons. The molecule has 0 atom stereocenters. The van der Waals surface area contributed by atoms with Crippen molar-refractivity contribution in [3.8, 4) is 0 Å². The van der Waals surface area contributed by atoms with Crippen molar-refractivity contribution in [2.45, 2.75) is 33.2 Å². The highest BCUT2D eigenvalue weighted by atomic mass is 127. The van der Waals surface area contributed by atoms with Crippen LogP contribution in [0.2, 0.25) is 0 Å². The topological polar surface area (TPSA) is 58.1 Å². The number of benzene rings is 1. The fraction of sp³-hybridized carbons (Fsp3) is 0.650. The summed E-state index contributed by atoms with van der Waals surface area (Å²) in [7, 11) is 0. The molecule has 27 heavy (non-hydrogen) atoms. The van der Waals surface area contributed by atoms with Gasteiger partial charge in [-0.1, -0.05) is 12.1 Å². The largest absolute Gasteiger partial charge is 0.382 e. The van der Waals surface area contributed by atoms with E-state index in [1.165, 1.54) is 11.3 Å². The van der Waals surface area contributed by atoms with Crippen molar-refractivity contribution in [2.75, 3.05) is 57.5 Å². The summed E-state index contributed by atoms with van der Waals surface area (Å²) < 4.78 is 10.8. The Bertz CT molecular complexity index is 519. The summed E-state index contributed by atoms with van der Waals surface area (Å²) in [5, 5.41) is 6.70. The summed E-state index contributed by atoms with van der Waals surface area (Å²) in [6.45, 7) is 11.8. The molecule has 7 heteroatoms. The maximum atomic E-state index is 5.41. The minimum Gasteiger partial charge on any atom is -0.382 e. The molecular weight excluding hydrogens is 455 g/mol. The van der Waals surface area contributed by atoms with E-state index in [-0.39, 0.29) is 24.0 Å². The molecule has 6 nitrogen and oxygen atoms in total. The summed E-state index contributed by atoms with van der Waals surface area (Å²) in [5.41, 5.74) is 2.48. The first kappa shape index (κ1) is 24.0. The lowest BCUT2D eigenvalue weighted by atomic mass is 10.2. The lowest BCUT2D eigenvalue weighted by molar-refractivity contribution is 0.122. The van der Waals surface area contributed by atoms with Gasteiger partial charge in [-0.3, -0.25) is 0 Å². The van der Waals surface area contributed by atoms with Crippen LogP contribution in [0.5, 0.6) is 0 Å². The number of nitrogens with one attached hydrogen (secondary N) is 2. The first-order chi connectivity index (χ1) is 12.8. The fourth-order valence-electron chi connectivity index (χ4n) is 2.83. The quantitative estimate of drug-likeness (QED) is 0.229. The minimum atomic E-state index is 0. The van der Waals surface area contributed by atoms with E-state index in [2.05, 4.69) is 51.7 Å². The lowest BCUT2D eigenvalue weighted by Crippen LogP contribution is -2.37. The first-order valence-electron chi connectivity index (χ1n) is 9.85. The number of morpholine rings is 1. The molecule has 0 saturated carbocycles. The molecule has 0 spiro atoms. The van der Waals surface area contributed by atoms with Gasteiger partial charge < -0.3 is 25.0 Å². The van der Waals surface area contributed by atoms with Gasteiger partial charge in [0.05, 0.1) is 19.8 Å². The van der Waals surface area contributed by atoms with Crippen molar-refractivity contribution in [1.82, 2.24) is 10.6 Å². The molecule has 2 rings (SSSR count). The number of nitrogens with zero attached hydrogens (tertiary/aromatic N) is 2. The third-order valence-corrected chi connectivity index (χ3v) is 4.29. The summed E-state index contributed by atoms with van der Waals surface area (Å²) in [6, 6.07) is 8.70. The van der Waals surface area contributed by atoms with Crippen molar-refractivity contribution in [3.05, 3.63) is 29.8 Å². The van der Waals surface area contributed by atoms with Crippen molar-refractivity contribution in [1.29, 1.82) is 0 Å². The Labute approximate surface area is 181 Å². The molecule has 2 N–H and O–H groups in total. The Morgan fingerprint density at radius 3 is 2.52 bits per heavy atom. The Balaban J connectivity index is 0.00000364. The number of anilines is 1. The van der Waals surface area contributed by atoms with Gasteiger partial charge in [-0.05, 0) is 44.4 Å². The number of aliphatic imine (C=N–C) groups is 1. The predicted octanol–water partition coefficient (Wildman–Crippen LogP) is 3.01. The van der Waals surface area contributed by atoms with E-state index in [1.54, 1.807) is 0 Å². The van der Waals surface area contributed by atoms with Gasteiger partial charge in [0.25, 0.3) is 0 Å². The lowest BCUT2D eigenvalue weighted by Gasteiger charge is -2.28. The van der Waals surface area contributed by atoms with Gasteiger partial charge in [0.2, 0.25) is 0 Å². The van der Waals surface area contributed by atoms with Gasteiger partial charge in [-0.2, -0.15) is 0 Å². The standard InChI is InChI=1S/C20H34N4O2.HI/c1-3-21-20(22-11-5-6-14-25-4-2)23-17-18-7-9-19(10-8-18)24-12-15-26-16-13-24;/h7-10H,3-6,11-17H2,1-2H3,(H2,21,22,23);1H. The van der Waals surface area contributed by atoms with Gasteiger partial charge in [-0.25, -0.2) is 4.99 Å². The second kappa shape index (κ2) is 14.9. The van der Waals surface area contributed by atoms with Gasteiger partial charge in [-0.15, -0.1) is 24.0 Å². The molecule has 0 aliphatic carbocycles. The highest BCUT2D eigenvalue weighted by Crippen LogP contribution is 2.17. The third kappa shape index (κ3) is 9.62.